The van der Waals surface area contributed by atoms with Crippen LogP contribution in [-0.4, -0.2) is 30.4 Å². The third-order valence-corrected chi connectivity index (χ3v) is 5.31. The second-order valence-corrected chi connectivity index (χ2v) is 7.39. The minimum absolute atomic E-state index is 0.0170. The molecule has 1 saturated heterocycles. The highest BCUT2D eigenvalue weighted by Gasteiger charge is 2.25. The molecule has 0 unspecified atom stereocenters. The van der Waals surface area contributed by atoms with E-state index in [1.54, 1.807) is 18.4 Å². The van der Waals surface area contributed by atoms with Crippen molar-refractivity contribution in [3.63, 3.8) is 0 Å². The van der Waals surface area contributed by atoms with Gasteiger partial charge < -0.3 is 14.2 Å². The molecule has 3 aromatic rings. The van der Waals surface area contributed by atoms with Crippen molar-refractivity contribution in [2.45, 2.75) is 25.3 Å². The van der Waals surface area contributed by atoms with Crippen molar-refractivity contribution in [1.82, 2.24) is 10.2 Å². The predicted octanol–water partition coefficient (Wildman–Crippen LogP) is 4.00. The number of carbonyl (C=O) groups excluding carboxylic acids is 1. The fourth-order valence-corrected chi connectivity index (χ4v) is 3.81. The van der Waals surface area contributed by atoms with Crippen molar-refractivity contribution in [3.8, 4) is 0 Å². The standard InChI is InChI=1S/C21H21ClN2O4/c22-14-6-7-18-15(11-14)17(25)12-20(28-18)21(26)23-13-16(19-5-4-10-27-19)24-8-2-1-3-9-24/h4-7,10-12,16H,1-3,8-9,13H2,(H,23,26)/t16-/m0/s1. The average Bonchev–Trinajstić information content (AvgIpc) is 3.24. The van der Waals surface area contributed by atoms with Crippen LogP contribution >= 0.6 is 11.6 Å². The topological polar surface area (TPSA) is 75.7 Å². The molecule has 146 valence electrons. The molecule has 1 fully saturated rings. The summed E-state index contributed by atoms with van der Waals surface area (Å²) < 4.78 is 11.2. The lowest BCUT2D eigenvalue weighted by atomic mass is 10.1. The SMILES string of the molecule is O=C(NC[C@@H](c1ccco1)N1CCCCC1)c1cc(=O)c2cc(Cl)ccc2o1. The Bertz CT molecular complexity index is 1020. The van der Waals surface area contributed by atoms with Gasteiger partial charge in [-0.2, -0.15) is 0 Å². The first kappa shape index (κ1) is 18.8. The molecular weight excluding hydrogens is 380 g/mol. The molecule has 1 atom stereocenters. The first-order valence-corrected chi connectivity index (χ1v) is 9.79. The van der Waals surface area contributed by atoms with Gasteiger partial charge in [-0.3, -0.25) is 14.5 Å². The number of fused-ring (bicyclic) bond motifs is 1. The molecule has 0 spiro atoms. The first-order valence-electron chi connectivity index (χ1n) is 9.41. The molecule has 3 heterocycles. The molecule has 0 radical (unpaired) electrons. The summed E-state index contributed by atoms with van der Waals surface area (Å²) in [5, 5.41) is 3.69. The van der Waals surface area contributed by atoms with Crippen LogP contribution in [0.1, 0.15) is 41.6 Å². The Morgan fingerprint density at radius 3 is 2.75 bits per heavy atom. The molecule has 6 nitrogen and oxygen atoms in total. The summed E-state index contributed by atoms with van der Waals surface area (Å²) in [6.07, 6.45) is 5.13. The lowest BCUT2D eigenvalue weighted by Gasteiger charge is -2.33. The monoisotopic (exact) mass is 400 g/mol. The Morgan fingerprint density at radius 2 is 2.00 bits per heavy atom. The van der Waals surface area contributed by atoms with Gasteiger partial charge in [0.15, 0.2) is 11.2 Å². The van der Waals surface area contributed by atoms with E-state index in [2.05, 4.69) is 10.2 Å². The Hall–Kier alpha value is -2.57. The van der Waals surface area contributed by atoms with Crippen LogP contribution in [0.4, 0.5) is 0 Å². The van der Waals surface area contributed by atoms with Crippen molar-refractivity contribution < 1.29 is 13.6 Å². The van der Waals surface area contributed by atoms with Crippen molar-refractivity contribution >= 4 is 28.5 Å². The third kappa shape index (κ3) is 3.98. The van der Waals surface area contributed by atoms with Gasteiger partial charge in [-0.15, -0.1) is 0 Å². The van der Waals surface area contributed by atoms with Gasteiger partial charge in [0.25, 0.3) is 5.91 Å². The molecule has 1 aromatic carbocycles. The minimum Gasteiger partial charge on any atom is -0.468 e. The second kappa shape index (κ2) is 8.20. The number of nitrogens with one attached hydrogen (secondary N) is 1. The first-order chi connectivity index (χ1) is 13.6. The van der Waals surface area contributed by atoms with Crippen molar-refractivity contribution in [2.75, 3.05) is 19.6 Å². The number of hydrogen-bond acceptors (Lipinski definition) is 5. The van der Waals surface area contributed by atoms with Crippen LogP contribution in [0.25, 0.3) is 11.0 Å². The Labute approximate surface area is 167 Å². The van der Waals surface area contributed by atoms with Crippen LogP contribution < -0.4 is 10.7 Å². The van der Waals surface area contributed by atoms with Crippen LogP contribution in [0.15, 0.2) is 56.3 Å². The number of hydrogen-bond donors (Lipinski definition) is 1. The van der Waals surface area contributed by atoms with E-state index in [0.717, 1.165) is 31.7 Å². The highest BCUT2D eigenvalue weighted by molar-refractivity contribution is 6.31. The van der Waals surface area contributed by atoms with Crippen LogP contribution in [0, 0.1) is 0 Å². The number of nitrogens with zero attached hydrogens (tertiary/aromatic N) is 1. The van der Waals surface area contributed by atoms with E-state index in [0.29, 0.717) is 22.5 Å². The molecule has 28 heavy (non-hydrogen) atoms. The summed E-state index contributed by atoms with van der Waals surface area (Å²) in [7, 11) is 0. The van der Waals surface area contributed by atoms with E-state index < -0.39 is 5.91 Å². The van der Waals surface area contributed by atoms with E-state index in [-0.39, 0.29) is 17.2 Å². The van der Waals surface area contributed by atoms with Gasteiger partial charge in [0.1, 0.15) is 11.3 Å². The van der Waals surface area contributed by atoms with Gasteiger partial charge >= 0.3 is 0 Å². The Morgan fingerprint density at radius 1 is 1.18 bits per heavy atom. The van der Waals surface area contributed by atoms with Crippen molar-refractivity contribution in [3.05, 3.63) is 69.4 Å². The van der Waals surface area contributed by atoms with Crippen LogP contribution in [0.5, 0.6) is 0 Å². The van der Waals surface area contributed by atoms with Gasteiger partial charge in [0.05, 0.1) is 17.7 Å². The van der Waals surface area contributed by atoms with Crippen molar-refractivity contribution in [1.29, 1.82) is 0 Å². The van der Waals surface area contributed by atoms with Gasteiger partial charge in [0.2, 0.25) is 0 Å². The van der Waals surface area contributed by atoms with Crippen LogP contribution in [0.2, 0.25) is 5.02 Å². The molecule has 0 bridgehead atoms. The van der Waals surface area contributed by atoms with E-state index in [1.807, 2.05) is 12.1 Å². The molecule has 4 rings (SSSR count). The highest BCUT2D eigenvalue weighted by Crippen LogP contribution is 2.25. The van der Waals surface area contributed by atoms with Gasteiger partial charge in [0, 0.05) is 17.6 Å². The Kier molecular flexibility index (Phi) is 5.50. The number of rotatable bonds is 5. The van der Waals surface area contributed by atoms with Gasteiger partial charge in [-0.25, -0.2) is 0 Å². The maximum absolute atomic E-state index is 12.6. The fraction of sp³-hybridized carbons (Fsp3) is 0.333. The largest absolute Gasteiger partial charge is 0.468 e. The average molecular weight is 401 g/mol. The summed E-state index contributed by atoms with van der Waals surface area (Å²) in [5.41, 5.74) is 0.0354. The summed E-state index contributed by atoms with van der Waals surface area (Å²) >= 11 is 5.93. The molecule has 1 amide bonds. The molecule has 7 heteroatoms. The predicted molar refractivity (Wildman–Crippen MR) is 107 cm³/mol. The third-order valence-electron chi connectivity index (χ3n) is 5.07. The molecule has 1 aliphatic rings. The summed E-state index contributed by atoms with van der Waals surface area (Å²) in [6.45, 7) is 2.30. The van der Waals surface area contributed by atoms with E-state index >= 15 is 0 Å². The van der Waals surface area contributed by atoms with Crippen molar-refractivity contribution in [2.24, 2.45) is 0 Å². The van der Waals surface area contributed by atoms with E-state index in [9.17, 15) is 9.59 Å². The maximum Gasteiger partial charge on any atom is 0.287 e. The van der Waals surface area contributed by atoms with E-state index in [4.69, 9.17) is 20.4 Å². The quantitative estimate of drug-likeness (QED) is 0.700. The molecule has 0 aliphatic carbocycles. The van der Waals surface area contributed by atoms with Gasteiger partial charge in [-0.05, 0) is 56.3 Å². The fourth-order valence-electron chi connectivity index (χ4n) is 3.64. The summed E-state index contributed by atoms with van der Waals surface area (Å²) in [5.74, 6) is 0.371. The number of amides is 1. The van der Waals surface area contributed by atoms with Crippen LogP contribution in [-0.2, 0) is 0 Å². The number of halogens is 1. The Balaban J connectivity index is 1.53. The highest BCUT2D eigenvalue weighted by atomic mass is 35.5. The summed E-state index contributed by atoms with van der Waals surface area (Å²) in [4.78, 5) is 27.3. The minimum atomic E-state index is -0.428. The summed E-state index contributed by atoms with van der Waals surface area (Å²) in [6, 6.07) is 9.68. The number of benzene rings is 1. The van der Waals surface area contributed by atoms with Gasteiger partial charge in [-0.1, -0.05) is 18.0 Å². The zero-order valence-electron chi connectivity index (χ0n) is 15.3. The molecule has 2 aromatic heterocycles. The lowest BCUT2D eigenvalue weighted by molar-refractivity contribution is 0.0888. The number of likely N-dealkylation sites (tertiary alicyclic amines) is 1. The smallest absolute Gasteiger partial charge is 0.287 e. The van der Waals surface area contributed by atoms with Crippen LogP contribution in [0.3, 0.4) is 0 Å². The maximum atomic E-state index is 12.6. The zero-order valence-corrected chi connectivity index (χ0v) is 16.1. The number of piperidine rings is 1. The molecule has 1 N–H and O–H groups in total. The number of furan rings is 1. The number of carbonyl (C=O) groups is 1. The molecular formula is C21H21ClN2O4. The van der Waals surface area contributed by atoms with E-state index in [1.165, 1.54) is 18.6 Å². The second-order valence-electron chi connectivity index (χ2n) is 6.95. The zero-order chi connectivity index (χ0) is 19.5. The normalized spacial score (nSPS) is 16.2. The molecule has 1 aliphatic heterocycles. The molecule has 0 saturated carbocycles. The lowest BCUT2D eigenvalue weighted by Crippen LogP contribution is -2.40.